The summed E-state index contributed by atoms with van der Waals surface area (Å²) < 4.78 is 1.84. The van der Waals surface area contributed by atoms with Crippen LogP contribution < -0.4 is 0 Å². The highest BCUT2D eigenvalue weighted by Gasteiger charge is 2.10. The smallest absolute Gasteiger partial charge is 0.176 e. The number of nitrogens with zero attached hydrogens (tertiary/aromatic N) is 2. The Kier molecular flexibility index (Phi) is 2.44. The monoisotopic (exact) mass is 220 g/mol. The predicted octanol–water partition coefficient (Wildman–Crippen LogP) is 2.66. The van der Waals surface area contributed by atoms with E-state index in [9.17, 15) is 4.79 Å². The van der Waals surface area contributed by atoms with Crippen molar-refractivity contribution in [1.82, 2.24) is 9.55 Å². The highest BCUT2D eigenvalue weighted by molar-refractivity contribution is 7.09. The number of hydrogen-bond acceptors (Lipinski definition) is 3. The summed E-state index contributed by atoms with van der Waals surface area (Å²) in [5.41, 5.74) is 2.67. The Bertz CT molecular complexity index is 510. The number of thiazole rings is 1. The van der Waals surface area contributed by atoms with E-state index in [0.717, 1.165) is 22.0 Å². The third kappa shape index (κ3) is 1.85. The van der Waals surface area contributed by atoms with Crippen molar-refractivity contribution >= 4 is 17.1 Å². The molecule has 0 radical (unpaired) electrons. The topological polar surface area (TPSA) is 34.9 Å². The zero-order chi connectivity index (χ0) is 11.0. The maximum Gasteiger partial charge on any atom is 0.176 e. The minimum absolute atomic E-state index is 0.0794. The van der Waals surface area contributed by atoms with Crippen molar-refractivity contribution in [2.24, 2.45) is 7.05 Å². The largest absolute Gasteiger partial charge is 0.347 e. The van der Waals surface area contributed by atoms with Crippen LogP contribution in [0.15, 0.2) is 17.6 Å². The fraction of sp³-hybridized carbons (Fsp3) is 0.273. The van der Waals surface area contributed by atoms with Crippen LogP contribution in [0.3, 0.4) is 0 Å². The summed E-state index contributed by atoms with van der Waals surface area (Å²) in [5.74, 6) is 0.0794. The first-order chi connectivity index (χ1) is 7.08. The second kappa shape index (κ2) is 3.62. The molecule has 0 atom stereocenters. The van der Waals surface area contributed by atoms with Crippen molar-refractivity contribution in [2.75, 3.05) is 0 Å². The van der Waals surface area contributed by atoms with Crippen molar-refractivity contribution in [3.63, 3.8) is 0 Å². The minimum Gasteiger partial charge on any atom is -0.347 e. The standard InChI is InChI=1S/C11H12N2OS/c1-7(14)11-4-9(5-13(11)3)10-6-15-8(2)12-10/h4-6H,1-3H3. The lowest BCUT2D eigenvalue weighted by Crippen LogP contribution is -1.99. The van der Waals surface area contributed by atoms with Gasteiger partial charge in [-0.1, -0.05) is 0 Å². The van der Waals surface area contributed by atoms with E-state index in [-0.39, 0.29) is 5.78 Å². The fourth-order valence-electron chi connectivity index (χ4n) is 1.55. The Labute approximate surface area is 92.4 Å². The van der Waals surface area contributed by atoms with Crippen LogP contribution in [0.25, 0.3) is 11.3 Å². The van der Waals surface area contributed by atoms with E-state index in [0.29, 0.717) is 0 Å². The van der Waals surface area contributed by atoms with Gasteiger partial charge in [-0.3, -0.25) is 4.79 Å². The van der Waals surface area contributed by atoms with Crippen molar-refractivity contribution in [3.05, 3.63) is 28.3 Å². The zero-order valence-corrected chi connectivity index (χ0v) is 9.76. The third-order valence-electron chi connectivity index (χ3n) is 2.28. The first-order valence-electron chi connectivity index (χ1n) is 4.67. The molecular formula is C11H12N2OS. The van der Waals surface area contributed by atoms with Crippen LogP contribution in [-0.4, -0.2) is 15.3 Å². The van der Waals surface area contributed by atoms with Crippen LogP contribution in [0.2, 0.25) is 0 Å². The molecule has 2 aromatic heterocycles. The second-order valence-corrected chi connectivity index (χ2v) is 4.60. The molecule has 0 aromatic carbocycles. The Balaban J connectivity index is 2.46. The van der Waals surface area contributed by atoms with Gasteiger partial charge in [-0.2, -0.15) is 0 Å². The number of rotatable bonds is 2. The molecule has 4 heteroatoms. The van der Waals surface area contributed by atoms with Gasteiger partial charge in [0.25, 0.3) is 0 Å². The van der Waals surface area contributed by atoms with Crippen LogP contribution in [0.4, 0.5) is 0 Å². The molecule has 2 rings (SSSR count). The molecule has 0 spiro atoms. The number of hydrogen-bond donors (Lipinski definition) is 0. The summed E-state index contributed by atoms with van der Waals surface area (Å²) in [4.78, 5) is 15.7. The van der Waals surface area contributed by atoms with Gasteiger partial charge in [-0.05, 0) is 13.0 Å². The van der Waals surface area contributed by atoms with Crippen molar-refractivity contribution in [2.45, 2.75) is 13.8 Å². The van der Waals surface area contributed by atoms with E-state index in [1.165, 1.54) is 0 Å². The Morgan fingerprint density at radius 1 is 1.53 bits per heavy atom. The summed E-state index contributed by atoms with van der Waals surface area (Å²) in [5, 5.41) is 3.05. The highest BCUT2D eigenvalue weighted by Crippen LogP contribution is 2.23. The van der Waals surface area contributed by atoms with Gasteiger partial charge in [0, 0.05) is 31.1 Å². The fourth-order valence-corrected chi connectivity index (χ4v) is 2.17. The van der Waals surface area contributed by atoms with Crippen LogP contribution in [0, 0.1) is 6.92 Å². The summed E-state index contributed by atoms with van der Waals surface area (Å²) in [6, 6.07) is 1.89. The second-order valence-electron chi connectivity index (χ2n) is 3.53. The molecule has 0 saturated carbocycles. The van der Waals surface area contributed by atoms with Crippen LogP contribution in [0.5, 0.6) is 0 Å². The van der Waals surface area contributed by atoms with Gasteiger partial charge in [0.1, 0.15) is 0 Å². The zero-order valence-electron chi connectivity index (χ0n) is 8.94. The van der Waals surface area contributed by atoms with Crippen molar-refractivity contribution < 1.29 is 4.79 Å². The van der Waals surface area contributed by atoms with Gasteiger partial charge >= 0.3 is 0 Å². The molecule has 0 amide bonds. The summed E-state index contributed by atoms with van der Waals surface area (Å²) >= 11 is 1.62. The maximum atomic E-state index is 11.3. The Morgan fingerprint density at radius 3 is 2.73 bits per heavy atom. The highest BCUT2D eigenvalue weighted by atomic mass is 32.1. The summed E-state index contributed by atoms with van der Waals surface area (Å²) in [7, 11) is 1.87. The SMILES string of the molecule is CC(=O)c1cc(-c2csc(C)n2)cn1C. The molecule has 15 heavy (non-hydrogen) atoms. The Hall–Kier alpha value is -1.42. The third-order valence-corrected chi connectivity index (χ3v) is 3.05. The van der Waals surface area contributed by atoms with Crippen LogP contribution >= 0.6 is 11.3 Å². The maximum absolute atomic E-state index is 11.3. The molecule has 0 saturated heterocycles. The predicted molar refractivity (Wildman–Crippen MR) is 61.3 cm³/mol. The average Bonchev–Trinajstić information content (AvgIpc) is 2.71. The van der Waals surface area contributed by atoms with Gasteiger partial charge in [0.2, 0.25) is 0 Å². The molecule has 0 N–H and O–H groups in total. The van der Waals surface area contributed by atoms with E-state index in [1.54, 1.807) is 18.3 Å². The molecule has 0 aliphatic rings. The summed E-state index contributed by atoms with van der Waals surface area (Å²) in [6.07, 6.45) is 1.94. The van der Waals surface area contributed by atoms with E-state index in [4.69, 9.17) is 0 Å². The molecule has 0 bridgehead atoms. The molecular weight excluding hydrogens is 208 g/mol. The van der Waals surface area contributed by atoms with E-state index in [2.05, 4.69) is 4.98 Å². The van der Waals surface area contributed by atoms with Crippen molar-refractivity contribution in [3.8, 4) is 11.3 Å². The van der Waals surface area contributed by atoms with Gasteiger partial charge in [0.15, 0.2) is 5.78 Å². The molecule has 2 heterocycles. The number of carbonyl (C=O) groups is 1. The van der Waals surface area contributed by atoms with Gasteiger partial charge in [-0.25, -0.2) is 4.98 Å². The Morgan fingerprint density at radius 2 is 2.27 bits per heavy atom. The molecule has 2 aromatic rings. The molecule has 0 aliphatic heterocycles. The lowest BCUT2D eigenvalue weighted by Gasteiger charge is -1.94. The number of aromatic nitrogens is 2. The molecule has 3 nitrogen and oxygen atoms in total. The van der Waals surface area contributed by atoms with E-state index in [1.807, 2.05) is 36.2 Å². The van der Waals surface area contributed by atoms with Crippen LogP contribution in [0.1, 0.15) is 22.4 Å². The molecule has 0 unspecified atom stereocenters. The van der Waals surface area contributed by atoms with Gasteiger partial charge in [0.05, 0.1) is 16.4 Å². The number of carbonyl (C=O) groups excluding carboxylic acids is 1. The quantitative estimate of drug-likeness (QED) is 0.729. The molecule has 78 valence electrons. The van der Waals surface area contributed by atoms with Crippen LogP contribution in [-0.2, 0) is 7.05 Å². The summed E-state index contributed by atoms with van der Waals surface area (Å²) in [6.45, 7) is 3.55. The number of Topliss-reactive ketones (excluding diaryl/α,β-unsaturated/α-hetero) is 1. The number of aryl methyl sites for hydroxylation is 2. The van der Waals surface area contributed by atoms with E-state index < -0.39 is 0 Å². The average molecular weight is 220 g/mol. The van der Waals surface area contributed by atoms with E-state index >= 15 is 0 Å². The van der Waals surface area contributed by atoms with Gasteiger partial charge < -0.3 is 4.57 Å². The first kappa shape index (κ1) is 10.1. The molecule has 0 fully saturated rings. The minimum atomic E-state index is 0.0794. The lowest BCUT2D eigenvalue weighted by molar-refractivity contribution is 0.101. The lowest BCUT2D eigenvalue weighted by atomic mass is 10.2. The molecule has 0 aliphatic carbocycles. The normalized spacial score (nSPS) is 10.6. The van der Waals surface area contributed by atoms with Gasteiger partial charge in [-0.15, -0.1) is 11.3 Å². The number of ketones is 1. The van der Waals surface area contributed by atoms with Crippen molar-refractivity contribution in [1.29, 1.82) is 0 Å². The first-order valence-corrected chi connectivity index (χ1v) is 5.55.